The molecule has 2 fully saturated rings. The van der Waals surface area contributed by atoms with Crippen LogP contribution in [0.15, 0.2) is 29.2 Å². The molecule has 2 saturated heterocycles. The molecule has 1 atom stereocenters. The molecule has 0 bridgehead atoms. The third-order valence-electron chi connectivity index (χ3n) is 5.29. The van der Waals surface area contributed by atoms with Crippen molar-refractivity contribution >= 4 is 22.0 Å². The maximum absolute atomic E-state index is 13.9. The highest BCUT2D eigenvalue weighted by Crippen LogP contribution is 2.26. The quantitative estimate of drug-likeness (QED) is 0.696. The fraction of sp³-hybridized carbons (Fsp3) is 0.579. The van der Waals surface area contributed by atoms with Crippen LogP contribution >= 0.6 is 0 Å². The SMILES string of the molecule is CC(C)C[C@]1(C)NC(=O)N(CN2CCN(S(=O)(=O)c3ccccc3F)CC2)C1=O. The molecule has 0 saturated carbocycles. The Hall–Kier alpha value is -2.04. The number of halogens is 1. The van der Waals surface area contributed by atoms with Crippen molar-refractivity contribution in [1.29, 1.82) is 0 Å². The molecule has 1 aromatic carbocycles. The Morgan fingerprint density at radius 3 is 2.34 bits per heavy atom. The van der Waals surface area contributed by atoms with E-state index in [2.05, 4.69) is 5.32 Å². The predicted molar refractivity (Wildman–Crippen MR) is 105 cm³/mol. The van der Waals surface area contributed by atoms with E-state index < -0.39 is 27.4 Å². The summed E-state index contributed by atoms with van der Waals surface area (Å²) < 4.78 is 40.5. The molecule has 3 rings (SSSR count). The number of carbonyl (C=O) groups excluding carboxylic acids is 2. The highest BCUT2D eigenvalue weighted by Gasteiger charge is 2.48. The van der Waals surface area contributed by atoms with Gasteiger partial charge in [-0.2, -0.15) is 4.31 Å². The van der Waals surface area contributed by atoms with Crippen molar-refractivity contribution < 1.29 is 22.4 Å². The summed E-state index contributed by atoms with van der Waals surface area (Å²) in [5.74, 6) is -0.798. The Balaban J connectivity index is 1.63. The van der Waals surface area contributed by atoms with E-state index in [1.807, 2.05) is 18.7 Å². The average molecular weight is 427 g/mol. The van der Waals surface area contributed by atoms with E-state index in [0.29, 0.717) is 19.5 Å². The Labute approximate surface area is 170 Å². The van der Waals surface area contributed by atoms with Crippen LogP contribution in [0, 0.1) is 11.7 Å². The fourth-order valence-electron chi connectivity index (χ4n) is 3.93. The number of carbonyl (C=O) groups is 2. The molecular weight excluding hydrogens is 399 g/mol. The summed E-state index contributed by atoms with van der Waals surface area (Å²) in [6.07, 6.45) is 0.544. The second-order valence-corrected chi connectivity index (χ2v) is 10.1. The molecule has 2 aliphatic rings. The molecule has 0 aromatic heterocycles. The Bertz CT molecular complexity index is 899. The summed E-state index contributed by atoms with van der Waals surface area (Å²) in [7, 11) is -3.93. The van der Waals surface area contributed by atoms with Crippen molar-refractivity contribution in [2.24, 2.45) is 5.92 Å². The van der Waals surface area contributed by atoms with Gasteiger partial charge in [-0.05, 0) is 31.4 Å². The fourth-order valence-corrected chi connectivity index (χ4v) is 5.42. The molecule has 3 amide bonds. The van der Waals surface area contributed by atoms with Crippen LogP contribution in [0.2, 0.25) is 0 Å². The van der Waals surface area contributed by atoms with Gasteiger partial charge < -0.3 is 5.32 Å². The third kappa shape index (κ3) is 4.29. The van der Waals surface area contributed by atoms with Gasteiger partial charge in [0.15, 0.2) is 0 Å². The van der Waals surface area contributed by atoms with Crippen molar-refractivity contribution in [2.45, 2.75) is 37.6 Å². The number of sulfonamides is 1. The number of benzene rings is 1. The van der Waals surface area contributed by atoms with Crippen molar-refractivity contribution in [3.63, 3.8) is 0 Å². The molecule has 0 radical (unpaired) electrons. The minimum absolute atomic E-state index is 0.103. The van der Waals surface area contributed by atoms with E-state index in [-0.39, 0.29) is 36.5 Å². The molecule has 29 heavy (non-hydrogen) atoms. The van der Waals surface area contributed by atoms with Crippen LogP contribution in [-0.2, 0) is 14.8 Å². The number of nitrogens with zero attached hydrogens (tertiary/aromatic N) is 3. The molecule has 160 valence electrons. The van der Waals surface area contributed by atoms with Crippen molar-refractivity contribution in [3.8, 4) is 0 Å². The smallest absolute Gasteiger partial charge is 0.323 e. The second-order valence-electron chi connectivity index (χ2n) is 8.19. The number of hydrogen-bond donors (Lipinski definition) is 1. The molecule has 2 heterocycles. The normalized spacial score (nSPS) is 24.4. The average Bonchev–Trinajstić information content (AvgIpc) is 2.84. The van der Waals surface area contributed by atoms with Crippen LogP contribution in [0.4, 0.5) is 9.18 Å². The van der Waals surface area contributed by atoms with Crippen LogP contribution in [0.5, 0.6) is 0 Å². The first-order chi connectivity index (χ1) is 13.5. The van der Waals surface area contributed by atoms with Gasteiger partial charge in [-0.25, -0.2) is 22.5 Å². The van der Waals surface area contributed by atoms with Crippen LogP contribution < -0.4 is 5.32 Å². The molecular formula is C19H27FN4O4S. The lowest BCUT2D eigenvalue weighted by Crippen LogP contribution is -2.53. The summed E-state index contributed by atoms with van der Waals surface area (Å²) >= 11 is 0. The Morgan fingerprint density at radius 2 is 1.76 bits per heavy atom. The number of rotatable bonds is 6. The molecule has 1 aromatic rings. The molecule has 8 nitrogen and oxygen atoms in total. The van der Waals surface area contributed by atoms with E-state index in [1.165, 1.54) is 27.4 Å². The monoisotopic (exact) mass is 426 g/mol. The lowest BCUT2D eigenvalue weighted by Gasteiger charge is -2.35. The molecule has 2 aliphatic heterocycles. The molecule has 0 spiro atoms. The summed E-state index contributed by atoms with van der Waals surface area (Å²) in [5.41, 5.74) is -0.915. The molecule has 0 unspecified atom stereocenters. The van der Waals surface area contributed by atoms with Gasteiger partial charge in [0, 0.05) is 26.2 Å². The number of amides is 3. The number of hydrogen-bond acceptors (Lipinski definition) is 5. The Morgan fingerprint density at radius 1 is 1.14 bits per heavy atom. The van der Waals surface area contributed by atoms with Gasteiger partial charge in [-0.1, -0.05) is 26.0 Å². The first kappa shape index (κ1) is 21.7. The lowest BCUT2D eigenvalue weighted by molar-refractivity contribution is -0.133. The van der Waals surface area contributed by atoms with E-state index in [4.69, 9.17) is 0 Å². The van der Waals surface area contributed by atoms with E-state index in [9.17, 15) is 22.4 Å². The number of nitrogens with one attached hydrogen (secondary N) is 1. The number of imide groups is 1. The third-order valence-corrected chi connectivity index (χ3v) is 7.22. The summed E-state index contributed by atoms with van der Waals surface area (Å²) in [6.45, 7) is 6.80. The van der Waals surface area contributed by atoms with Crippen molar-refractivity contribution in [1.82, 2.24) is 19.4 Å². The first-order valence-electron chi connectivity index (χ1n) is 9.66. The Kier molecular flexibility index (Phi) is 5.98. The largest absolute Gasteiger partial charge is 0.326 e. The van der Waals surface area contributed by atoms with Crippen molar-refractivity contribution in [3.05, 3.63) is 30.1 Å². The topological polar surface area (TPSA) is 90.0 Å². The molecule has 1 N–H and O–H groups in total. The highest BCUT2D eigenvalue weighted by molar-refractivity contribution is 7.89. The standard InChI is InChI=1S/C19H27FN4O4S/c1-14(2)12-19(3)17(25)24(18(26)21-19)13-22-8-10-23(11-9-22)29(27,28)16-7-5-4-6-15(16)20/h4-7,14H,8-13H2,1-3H3,(H,21,26)/t19-/m0/s1. The van der Waals surface area contributed by atoms with Gasteiger partial charge in [0.2, 0.25) is 10.0 Å². The summed E-state index contributed by atoms with van der Waals surface area (Å²) in [6, 6.07) is 4.86. The summed E-state index contributed by atoms with van der Waals surface area (Å²) in [5, 5.41) is 2.77. The van der Waals surface area contributed by atoms with Gasteiger partial charge >= 0.3 is 6.03 Å². The first-order valence-corrected chi connectivity index (χ1v) is 11.1. The van der Waals surface area contributed by atoms with E-state index >= 15 is 0 Å². The maximum atomic E-state index is 13.9. The molecule has 10 heteroatoms. The number of piperazine rings is 1. The van der Waals surface area contributed by atoms with Gasteiger partial charge in [-0.15, -0.1) is 0 Å². The molecule has 0 aliphatic carbocycles. The van der Waals surface area contributed by atoms with Gasteiger partial charge in [0.1, 0.15) is 16.3 Å². The van der Waals surface area contributed by atoms with E-state index in [0.717, 1.165) is 6.07 Å². The predicted octanol–water partition coefficient (Wildman–Crippen LogP) is 1.45. The van der Waals surface area contributed by atoms with Gasteiger partial charge in [0.25, 0.3) is 5.91 Å². The lowest BCUT2D eigenvalue weighted by atomic mass is 9.91. The second kappa shape index (κ2) is 8.00. The summed E-state index contributed by atoms with van der Waals surface area (Å²) in [4.78, 5) is 27.8. The van der Waals surface area contributed by atoms with Crippen LogP contribution in [0.25, 0.3) is 0 Å². The van der Waals surface area contributed by atoms with Crippen LogP contribution in [0.1, 0.15) is 27.2 Å². The zero-order valence-electron chi connectivity index (χ0n) is 16.9. The highest BCUT2D eigenvalue weighted by atomic mass is 32.2. The van der Waals surface area contributed by atoms with Gasteiger partial charge in [0.05, 0.1) is 6.67 Å². The maximum Gasteiger partial charge on any atom is 0.326 e. The zero-order valence-corrected chi connectivity index (χ0v) is 17.7. The van der Waals surface area contributed by atoms with Crippen LogP contribution in [0.3, 0.4) is 0 Å². The minimum atomic E-state index is -3.93. The number of urea groups is 1. The minimum Gasteiger partial charge on any atom is -0.323 e. The van der Waals surface area contributed by atoms with Gasteiger partial charge in [-0.3, -0.25) is 9.69 Å². The zero-order chi connectivity index (χ0) is 21.4. The van der Waals surface area contributed by atoms with E-state index in [1.54, 1.807) is 6.92 Å². The van der Waals surface area contributed by atoms with Crippen LogP contribution in [-0.4, -0.2) is 72.8 Å². The van der Waals surface area contributed by atoms with Crippen molar-refractivity contribution in [2.75, 3.05) is 32.8 Å².